The van der Waals surface area contributed by atoms with Crippen molar-refractivity contribution in [1.82, 2.24) is 5.32 Å². The molecule has 1 aromatic carbocycles. The molecule has 1 aliphatic heterocycles. The van der Waals surface area contributed by atoms with Crippen molar-refractivity contribution in [2.24, 2.45) is 0 Å². The zero-order valence-electron chi connectivity index (χ0n) is 13.1. The van der Waals surface area contributed by atoms with Crippen molar-refractivity contribution >= 4 is 40.3 Å². The van der Waals surface area contributed by atoms with Crippen molar-refractivity contribution in [3.8, 4) is 0 Å². The maximum atomic E-state index is 11.6. The second kappa shape index (κ2) is 6.85. The number of benzene rings is 1. The van der Waals surface area contributed by atoms with E-state index in [1.54, 1.807) is 0 Å². The van der Waals surface area contributed by atoms with Gasteiger partial charge in [-0.3, -0.25) is 4.79 Å². The van der Waals surface area contributed by atoms with Crippen LogP contribution in [0, 0.1) is 3.57 Å². The number of hydrogen-bond donors (Lipinski definition) is 2. The summed E-state index contributed by atoms with van der Waals surface area (Å²) in [5.41, 5.74) is 2.82. The summed E-state index contributed by atoms with van der Waals surface area (Å²) in [4.78, 5) is 23.1. The third-order valence-electron chi connectivity index (χ3n) is 3.25. The largest absolute Gasteiger partial charge is 0.449 e. The number of nitrogens with one attached hydrogen (secondary N) is 2. The van der Waals surface area contributed by atoms with E-state index in [9.17, 15) is 9.59 Å². The third-order valence-corrected chi connectivity index (χ3v) is 4.25. The Bertz CT molecular complexity index is 594. The van der Waals surface area contributed by atoms with Gasteiger partial charge in [-0.15, -0.1) is 0 Å². The molecule has 0 aliphatic carbocycles. The van der Waals surface area contributed by atoms with Gasteiger partial charge in [0.15, 0.2) is 0 Å². The van der Waals surface area contributed by atoms with E-state index in [0.29, 0.717) is 19.4 Å². The minimum atomic E-state index is -0.409. The minimum absolute atomic E-state index is 0.0560. The predicted octanol–water partition coefficient (Wildman–Crippen LogP) is 3.24. The fourth-order valence-electron chi connectivity index (χ4n) is 2.23. The van der Waals surface area contributed by atoms with Crippen molar-refractivity contribution in [2.45, 2.75) is 45.6 Å². The van der Waals surface area contributed by atoms with Gasteiger partial charge in [0.2, 0.25) is 5.91 Å². The molecule has 2 N–H and O–H groups in total. The van der Waals surface area contributed by atoms with Crippen LogP contribution in [0.4, 0.5) is 10.5 Å². The van der Waals surface area contributed by atoms with Crippen LogP contribution in [0.5, 0.6) is 0 Å². The Kier molecular flexibility index (Phi) is 5.31. The molecular formula is C16H21IN2O3. The van der Waals surface area contributed by atoms with Crippen molar-refractivity contribution < 1.29 is 14.3 Å². The normalized spacial score (nSPS) is 14.1. The number of anilines is 1. The molecule has 5 nitrogen and oxygen atoms in total. The van der Waals surface area contributed by atoms with E-state index in [1.165, 1.54) is 5.56 Å². The number of aryl methyl sites for hydroxylation is 1. The Balaban J connectivity index is 1.94. The molecule has 2 amide bonds. The number of fused-ring (bicyclic) bond motifs is 1. The molecular weight excluding hydrogens is 395 g/mol. The van der Waals surface area contributed by atoms with E-state index in [0.717, 1.165) is 21.2 Å². The molecule has 1 heterocycles. The molecule has 120 valence electrons. The van der Waals surface area contributed by atoms with Gasteiger partial charge in [0.05, 0.1) is 6.61 Å². The number of carbonyl (C=O) groups is 2. The molecule has 6 heteroatoms. The van der Waals surface area contributed by atoms with Crippen LogP contribution in [0.3, 0.4) is 0 Å². The quantitative estimate of drug-likeness (QED) is 0.744. The predicted molar refractivity (Wildman–Crippen MR) is 94.1 cm³/mol. The zero-order valence-corrected chi connectivity index (χ0v) is 15.2. The van der Waals surface area contributed by atoms with Crippen LogP contribution in [-0.2, 0) is 22.4 Å². The first kappa shape index (κ1) is 17.1. The minimum Gasteiger partial charge on any atom is -0.449 e. The summed E-state index contributed by atoms with van der Waals surface area (Å²) in [7, 11) is 0. The summed E-state index contributed by atoms with van der Waals surface area (Å²) < 4.78 is 6.33. The van der Waals surface area contributed by atoms with E-state index in [4.69, 9.17) is 4.74 Å². The Morgan fingerprint density at radius 1 is 1.36 bits per heavy atom. The van der Waals surface area contributed by atoms with Gasteiger partial charge in [-0.2, -0.15) is 0 Å². The van der Waals surface area contributed by atoms with Gasteiger partial charge in [-0.05, 0) is 73.0 Å². The van der Waals surface area contributed by atoms with Gasteiger partial charge in [0.25, 0.3) is 0 Å². The second-order valence-corrected chi connectivity index (χ2v) is 7.57. The smallest absolute Gasteiger partial charge is 0.407 e. The first-order valence-corrected chi connectivity index (χ1v) is 8.38. The van der Waals surface area contributed by atoms with Crippen LogP contribution < -0.4 is 10.6 Å². The summed E-state index contributed by atoms with van der Waals surface area (Å²) in [6, 6.07) is 4.08. The monoisotopic (exact) mass is 416 g/mol. The molecule has 22 heavy (non-hydrogen) atoms. The topological polar surface area (TPSA) is 67.4 Å². The van der Waals surface area contributed by atoms with Crippen LogP contribution in [0.15, 0.2) is 12.1 Å². The summed E-state index contributed by atoms with van der Waals surface area (Å²) in [5, 5.41) is 5.65. The van der Waals surface area contributed by atoms with E-state index in [1.807, 2.05) is 26.8 Å². The van der Waals surface area contributed by atoms with Crippen molar-refractivity contribution in [1.29, 1.82) is 0 Å². The molecule has 0 atom stereocenters. The van der Waals surface area contributed by atoms with Crippen LogP contribution in [0.25, 0.3) is 0 Å². The Morgan fingerprint density at radius 2 is 2.09 bits per heavy atom. The van der Waals surface area contributed by atoms with Crippen LogP contribution in [0.2, 0.25) is 0 Å². The maximum Gasteiger partial charge on any atom is 0.407 e. The molecule has 0 saturated heterocycles. The van der Waals surface area contributed by atoms with Crippen molar-refractivity contribution in [2.75, 3.05) is 11.9 Å². The summed E-state index contributed by atoms with van der Waals surface area (Å²) >= 11 is 2.28. The Labute approximate surface area is 144 Å². The molecule has 0 unspecified atom stereocenters. The lowest BCUT2D eigenvalue weighted by Gasteiger charge is -2.20. The Morgan fingerprint density at radius 3 is 2.77 bits per heavy atom. The molecule has 0 radical (unpaired) electrons. The molecule has 0 saturated carbocycles. The highest BCUT2D eigenvalue weighted by Crippen LogP contribution is 2.27. The van der Waals surface area contributed by atoms with Gasteiger partial charge in [0, 0.05) is 27.6 Å². The average Bonchev–Trinajstić information content (AvgIpc) is 2.37. The van der Waals surface area contributed by atoms with Crippen molar-refractivity contribution in [3.63, 3.8) is 0 Å². The first-order chi connectivity index (χ1) is 10.2. The highest BCUT2D eigenvalue weighted by atomic mass is 127. The molecule has 1 aromatic rings. The van der Waals surface area contributed by atoms with Crippen LogP contribution in [0.1, 0.15) is 38.3 Å². The maximum absolute atomic E-state index is 11.6. The van der Waals surface area contributed by atoms with Crippen molar-refractivity contribution in [3.05, 3.63) is 26.8 Å². The number of amides is 2. The molecule has 0 fully saturated rings. The highest BCUT2D eigenvalue weighted by Gasteiger charge is 2.17. The number of halogens is 1. The standard InChI is InChI=1S/C16H21IN2O3/c1-16(2,3)19-15(21)22-7-6-10-9-13-11(8-12(10)17)4-5-14(20)18-13/h8-9H,4-7H2,1-3H3,(H,18,20)(H,19,21). The first-order valence-electron chi connectivity index (χ1n) is 7.31. The zero-order chi connectivity index (χ0) is 16.3. The SMILES string of the molecule is CC(C)(C)NC(=O)OCCc1cc2c(cc1I)CCC(=O)N2. The fraction of sp³-hybridized carbons (Fsp3) is 0.500. The lowest BCUT2D eigenvalue weighted by Crippen LogP contribution is -2.41. The molecule has 0 aromatic heterocycles. The lowest BCUT2D eigenvalue weighted by molar-refractivity contribution is -0.116. The van der Waals surface area contributed by atoms with E-state index in [-0.39, 0.29) is 11.4 Å². The van der Waals surface area contributed by atoms with E-state index in [2.05, 4.69) is 39.3 Å². The van der Waals surface area contributed by atoms with Crippen LogP contribution >= 0.6 is 22.6 Å². The number of rotatable bonds is 3. The number of hydrogen-bond acceptors (Lipinski definition) is 3. The molecule has 2 rings (SSSR count). The fourth-order valence-corrected chi connectivity index (χ4v) is 3.03. The highest BCUT2D eigenvalue weighted by molar-refractivity contribution is 14.1. The van der Waals surface area contributed by atoms with E-state index < -0.39 is 6.09 Å². The lowest BCUT2D eigenvalue weighted by atomic mass is 10.00. The molecule has 0 bridgehead atoms. The molecule has 1 aliphatic rings. The number of alkyl carbamates (subject to hydrolysis) is 1. The number of ether oxygens (including phenoxy) is 1. The summed E-state index contributed by atoms with van der Waals surface area (Å²) in [6.07, 6.45) is 1.54. The average molecular weight is 416 g/mol. The summed E-state index contributed by atoms with van der Waals surface area (Å²) in [6.45, 7) is 6.03. The van der Waals surface area contributed by atoms with E-state index >= 15 is 0 Å². The summed E-state index contributed by atoms with van der Waals surface area (Å²) in [5.74, 6) is 0.0560. The number of carbonyl (C=O) groups excluding carboxylic acids is 2. The van der Waals surface area contributed by atoms with Gasteiger partial charge in [0.1, 0.15) is 0 Å². The van der Waals surface area contributed by atoms with Gasteiger partial charge >= 0.3 is 6.09 Å². The third kappa shape index (κ3) is 4.86. The van der Waals surface area contributed by atoms with Gasteiger partial charge in [-0.25, -0.2) is 4.79 Å². The van der Waals surface area contributed by atoms with Crippen LogP contribution in [-0.4, -0.2) is 24.1 Å². The van der Waals surface area contributed by atoms with Gasteiger partial charge in [-0.1, -0.05) is 0 Å². The van der Waals surface area contributed by atoms with Gasteiger partial charge < -0.3 is 15.4 Å². The second-order valence-electron chi connectivity index (χ2n) is 6.41. The molecule has 0 spiro atoms. The Hall–Kier alpha value is -1.31.